The van der Waals surface area contributed by atoms with Crippen LogP contribution >= 0.6 is 11.6 Å². The van der Waals surface area contributed by atoms with Crippen LogP contribution in [-0.4, -0.2) is 28.3 Å². The van der Waals surface area contributed by atoms with Gasteiger partial charge in [-0.3, -0.25) is 0 Å². The maximum Gasteiger partial charge on any atom is 0.0931 e. The number of halogens is 1. The molecular weight excluding hydrogens is 115 g/mol. The van der Waals surface area contributed by atoms with Crippen molar-refractivity contribution in [2.24, 2.45) is 0 Å². The molecule has 0 saturated heterocycles. The summed E-state index contributed by atoms with van der Waals surface area (Å²) >= 11 is 5.14. The average molecular weight is 125 g/mol. The first-order chi connectivity index (χ1) is 3.18. The van der Waals surface area contributed by atoms with Gasteiger partial charge in [-0.25, -0.2) is 0 Å². The van der Waals surface area contributed by atoms with Crippen LogP contribution in [0.1, 0.15) is 6.92 Å². The number of aliphatic hydroxyl groups excluding tert-OH is 2. The second-order valence-corrected chi connectivity index (χ2v) is 1.77. The van der Waals surface area contributed by atoms with Crippen LogP contribution in [0.2, 0.25) is 0 Å². The van der Waals surface area contributed by atoms with Crippen molar-refractivity contribution in [3.63, 3.8) is 0 Å². The van der Waals surface area contributed by atoms with Crippen molar-refractivity contribution in [1.29, 1.82) is 0 Å². The molecule has 0 aliphatic carbocycles. The lowest BCUT2D eigenvalue weighted by atomic mass is 10.3. The topological polar surface area (TPSA) is 40.5 Å². The van der Waals surface area contributed by atoms with Crippen LogP contribution in [0, 0.1) is 0 Å². The molecule has 0 aliphatic rings. The quantitative estimate of drug-likeness (QED) is 0.508. The zero-order valence-electron chi connectivity index (χ0n) is 4.13. The monoisotopic (exact) mass is 124 g/mol. The smallest absolute Gasteiger partial charge is 0.0931 e. The van der Waals surface area contributed by atoms with Gasteiger partial charge in [0.05, 0.1) is 18.1 Å². The van der Waals surface area contributed by atoms with E-state index in [2.05, 4.69) is 0 Å². The van der Waals surface area contributed by atoms with Crippen LogP contribution in [0.15, 0.2) is 0 Å². The van der Waals surface area contributed by atoms with Crippen LogP contribution in [-0.2, 0) is 0 Å². The second-order valence-electron chi connectivity index (χ2n) is 1.46. The number of hydrogen-bond acceptors (Lipinski definition) is 2. The normalized spacial score (nSPS) is 18.9. The van der Waals surface area contributed by atoms with Gasteiger partial charge in [0.25, 0.3) is 0 Å². The number of rotatable bonds is 2. The standard InChI is InChI=1S/C4H9ClO2/c1-3(6)4(7)2-5/h3-4,6-7H,2H2,1H3/t3-,4-/m1/s1. The third kappa shape index (κ3) is 2.85. The molecule has 0 saturated carbocycles. The Bertz CT molecular complexity index is 47.0. The summed E-state index contributed by atoms with van der Waals surface area (Å²) < 4.78 is 0. The number of aliphatic hydroxyl groups is 2. The maximum absolute atomic E-state index is 8.55. The number of alkyl halides is 1. The lowest BCUT2D eigenvalue weighted by Gasteiger charge is -2.07. The fourth-order valence-corrected chi connectivity index (χ4v) is 0.387. The predicted octanol–water partition coefficient (Wildman–Crippen LogP) is -0.0331. The van der Waals surface area contributed by atoms with E-state index in [1.807, 2.05) is 0 Å². The lowest BCUT2D eigenvalue weighted by Crippen LogP contribution is -2.23. The zero-order chi connectivity index (χ0) is 5.86. The highest BCUT2D eigenvalue weighted by atomic mass is 35.5. The Kier molecular flexibility index (Phi) is 3.34. The molecule has 0 heterocycles. The maximum atomic E-state index is 8.55. The molecule has 0 fully saturated rings. The molecule has 0 aromatic carbocycles. The first-order valence-electron chi connectivity index (χ1n) is 2.10. The average Bonchev–Trinajstić information content (AvgIpc) is 1.65. The van der Waals surface area contributed by atoms with Crippen LogP contribution in [0.4, 0.5) is 0 Å². The van der Waals surface area contributed by atoms with Crippen LogP contribution < -0.4 is 0 Å². The third-order valence-corrected chi connectivity index (χ3v) is 1.03. The SMILES string of the molecule is C[C@@H](O)[C@H](O)CCl. The van der Waals surface area contributed by atoms with Gasteiger partial charge in [0.1, 0.15) is 0 Å². The summed E-state index contributed by atoms with van der Waals surface area (Å²) in [6, 6.07) is 0. The van der Waals surface area contributed by atoms with E-state index in [-0.39, 0.29) is 5.88 Å². The molecule has 2 N–H and O–H groups in total. The van der Waals surface area contributed by atoms with E-state index >= 15 is 0 Å². The Labute approximate surface area is 47.7 Å². The molecule has 0 aromatic rings. The predicted molar refractivity (Wildman–Crippen MR) is 28.4 cm³/mol. The molecule has 0 radical (unpaired) electrons. The molecule has 0 rings (SSSR count). The van der Waals surface area contributed by atoms with Crippen molar-refractivity contribution in [3.05, 3.63) is 0 Å². The van der Waals surface area contributed by atoms with Gasteiger partial charge < -0.3 is 10.2 Å². The van der Waals surface area contributed by atoms with E-state index in [0.717, 1.165) is 0 Å². The Morgan fingerprint density at radius 1 is 1.57 bits per heavy atom. The van der Waals surface area contributed by atoms with Gasteiger partial charge in [0.15, 0.2) is 0 Å². The highest BCUT2D eigenvalue weighted by Crippen LogP contribution is 1.92. The Morgan fingerprint density at radius 3 is 2.00 bits per heavy atom. The third-order valence-electron chi connectivity index (χ3n) is 0.715. The van der Waals surface area contributed by atoms with Gasteiger partial charge in [-0.05, 0) is 6.92 Å². The van der Waals surface area contributed by atoms with Crippen LogP contribution in [0.3, 0.4) is 0 Å². The molecule has 2 atom stereocenters. The van der Waals surface area contributed by atoms with E-state index < -0.39 is 12.2 Å². The fraction of sp³-hybridized carbons (Fsp3) is 1.00. The summed E-state index contributed by atoms with van der Waals surface area (Å²) in [5.74, 6) is 0.0949. The highest BCUT2D eigenvalue weighted by Gasteiger charge is 2.06. The van der Waals surface area contributed by atoms with Crippen molar-refractivity contribution < 1.29 is 10.2 Å². The Balaban J connectivity index is 3.14. The molecule has 44 valence electrons. The Hall–Kier alpha value is 0.210. The van der Waals surface area contributed by atoms with Crippen molar-refractivity contribution in [3.8, 4) is 0 Å². The van der Waals surface area contributed by atoms with Crippen molar-refractivity contribution in [2.75, 3.05) is 5.88 Å². The largest absolute Gasteiger partial charge is 0.391 e. The van der Waals surface area contributed by atoms with E-state index in [1.165, 1.54) is 6.92 Å². The van der Waals surface area contributed by atoms with Gasteiger partial charge in [0.2, 0.25) is 0 Å². The molecule has 7 heavy (non-hydrogen) atoms. The summed E-state index contributed by atoms with van der Waals surface area (Å²) in [6.45, 7) is 1.49. The summed E-state index contributed by atoms with van der Waals surface area (Å²) in [5, 5.41) is 17.0. The molecule has 0 aliphatic heterocycles. The first-order valence-corrected chi connectivity index (χ1v) is 2.64. The molecule has 0 aromatic heterocycles. The van der Waals surface area contributed by atoms with E-state index in [4.69, 9.17) is 21.8 Å². The van der Waals surface area contributed by atoms with Gasteiger partial charge >= 0.3 is 0 Å². The number of hydrogen-bond donors (Lipinski definition) is 2. The fourth-order valence-electron chi connectivity index (χ4n) is 0.129. The molecule has 3 heteroatoms. The lowest BCUT2D eigenvalue weighted by molar-refractivity contribution is 0.0460. The van der Waals surface area contributed by atoms with E-state index in [0.29, 0.717) is 0 Å². The second kappa shape index (κ2) is 3.24. The minimum absolute atomic E-state index is 0.0949. The van der Waals surface area contributed by atoms with Crippen LogP contribution in [0.5, 0.6) is 0 Å². The summed E-state index contributed by atoms with van der Waals surface area (Å²) in [6.07, 6.45) is -1.49. The van der Waals surface area contributed by atoms with Gasteiger partial charge in [-0.1, -0.05) is 0 Å². The zero-order valence-corrected chi connectivity index (χ0v) is 4.89. The molecular formula is C4H9ClO2. The molecule has 0 spiro atoms. The summed E-state index contributed by atoms with van der Waals surface area (Å²) in [4.78, 5) is 0. The minimum atomic E-state index is -0.776. The van der Waals surface area contributed by atoms with Crippen LogP contribution in [0.25, 0.3) is 0 Å². The van der Waals surface area contributed by atoms with Gasteiger partial charge in [-0.2, -0.15) is 0 Å². The van der Waals surface area contributed by atoms with Crippen molar-refractivity contribution >= 4 is 11.6 Å². The molecule has 0 unspecified atom stereocenters. The van der Waals surface area contributed by atoms with Crippen molar-refractivity contribution in [2.45, 2.75) is 19.1 Å². The molecule has 2 nitrogen and oxygen atoms in total. The highest BCUT2D eigenvalue weighted by molar-refractivity contribution is 6.18. The summed E-state index contributed by atoms with van der Waals surface area (Å²) in [7, 11) is 0. The van der Waals surface area contributed by atoms with E-state index in [1.54, 1.807) is 0 Å². The summed E-state index contributed by atoms with van der Waals surface area (Å²) in [5.41, 5.74) is 0. The van der Waals surface area contributed by atoms with E-state index in [9.17, 15) is 0 Å². The molecule has 0 amide bonds. The minimum Gasteiger partial charge on any atom is -0.391 e. The van der Waals surface area contributed by atoms with Crippen molar-refractivity contribution in [1.82, 2.24) is 0 Å². The first kappa shape index (κ1) is 7.21. The van der Waals surface area contributed by atoms with Gasteiger partial charge in [0, 0.05) is 0 Å². The molecule has 0 bridgehead atoms. The Morgan fingerprint density at radius 2 is 2.00 bits per heavy atom. The van der Waals surface area contributed by atoms with Gasteiger partial charge in [-0.15, -0.1) is 11.6 Å².